The number of hydrazine groups is 1. The topological polar surface area (TPSA) is 84.2 Å². The minimum Gasteiger partial charge on any atom is -0.350 e. The summed E-state index contributed by atoms with van der Waals surface area (Å²) >= 11 is 0. The zero-order chi connectivity index (χ0) is 10.8. The van der Waals surface area contributed by atoms with Crippen LogP contribution in [0.3, 0.4) is 0 Å². The first kappa shape index (κ1) is 10.8. The molecule has 0 aromatic heterocycles. The largest absolute Gasteiger partial charge is 0.350 e. The second-order valence-corrected chi connectivity index (χ2v) is 4.41. The number of amides is 3. The molecule has 14 heavy (non-hydrogen) atoms. The molecule has 4 N–H and O–H groups in total. The van der Waals surface area contributed by atoms with Crippen molar-refractivity contribution in [2.45, 2.75) is 33.1 Å². The lowest BCUT2D eigenvalue weighted by Gasteiger charge is -2.25. The first-order valence-corrected chi connectivity index (χ1v) is 4.79. The highest BCUT2D eigenvalue weighted by molar-refractivity contribution is 5.82. The van der Waals surface area contributed by atoms with Crippen LogP contribution >= 0.6 is 0 Å². The lowest BCUT2D eigenvalue weighted by atomic mass is 9.81. The molecule has 0 aliphatic heterocycles. The van der Waals surface area contributed by atoms with Gasteiger partial charge in [-0.3, -0.25) is 10.2 Å². The zero-order valence-corrected chi connectivity index (χ0v) is 8.59. The number of hydrogen-bond acceptors (Lipinski definition) is 2. The Morgan fingerprint density at radius 3 is 2.43 bits per heavy atom. The fourth-order valence-corrected chi connectivity index (χ4v) is 2.02. The van der Waals surface area contributed by atoms with Gasteiger partial charge in [-0.15, -0.1) is 0 Å². The molecule has 1 aliphatic carbocycles. The third kappa shape index (κ3) is 2.37. The Morgan fingerprint density at radius 1 is 1.36 bits per heavy atom. The molecule has 0 heterocycles. The molecule has 0 bridgehead atoms. The average molecular weight is 199 g/mol. The summed E-state index contributed by atoms with van der Waals surface area (Å²) in [7, 11) is 0. The Hall–Kier alpha value is -1.26. The number of rotatable bonds is 1. The molecule has 0 aromatic carbocycles. The molecule has 1 aliphatic rings. The van der Waals surface area contributed by atoms with E-state index in [-0.39, 0.29) is 17.2 Å². The molecule has 0 spiro atoms. The van der Waals surface area contributed by atoms with E-state index in [0.29, 0.717) is 0 Å². The van der Waals surface area contributed by atoms with Crippen molar-refractivity contribution in [3.63, 3.8) is 0 Å². The quantitative estimate of drug-likeness (QED) is 0.538. The molecule has 5 nitrogen and oxygen atoms in total. The minimum atomic E-state index is -0.742. The average Bonchev–Trinajstić information content (AvgIpc) is 2.41. The smallest absolute Gasteiger partial charge is 0.330 e. The van der Waals surface area contributed by atoms with Crippen LogP contribution in [0.5, 0.6) is 0 Å². The SMILES string of the molecule is CC1(C)CCCC1C(=O)NNC(N)=O. The van der Waals surface area contributed by atoms with Crippen LogP contribution in [-0.2, 0) is 4.79 Å². The summed E-state index contributed by atoms with van der Waals surface area (Å²) in [6.45, 7) is 4.13. The van der Waals surface area contributed by atoms with E-state index in [9.17, 15) is 9.59 Å². The van der Waals surface area contributed by atoms with Gasteiger partial charge in [0.1, 0.15) is 0 Å². The van der Waals surface area contributed by atoms with Gasteiger partial charge in [-0.2, -0.15) is 0 Å². The van der Waals surface area contributed by atoms with Crippen molar-refractivity contribution in [3.8, 4) is 0 Å². The maximum Gasteiger partial charge on any atom is 0.330 e. The molecule has 80 valence electrons. The molecule has 1 fully saturated rings. The molecule has 0 radical (unpaired) electrons. The lowest BCUT2D eigenvalue weighted by molar-refractivity contribution is -0.128. The number of carbonyl (C=O) groups is 2. The fraction of sp³-hybridized carbons (Fsp3) is 0.778. The van der Waals surface area contributed by atoms with E-state index in [2.05, 4.69) is 24.7 Å². The van der Waals surface area contributed by atoms with E-state index in [4.69, 9.17) is 5.73 Å². The van der Waals surface area contributed by atoms with E-state index in [0.717, 1.165) is 19.3 Å². The van der Waals surface area contributed by atoms with Crippen molar-refractivity contribution in [1.82, 2.24) is 10.9 Å². The maximum absolute atomic E-state index is 11.6. The van der Waals surface area contributed by atoms with Gasteiger partial charge in [0.25, 0.3) is 0 Å². The van der Waals surface area contributed by atoms with Crippen LogP contribution < -0.4 is 16.6 Å². The monoisotopic (exact) mass is 199 g/mol. The summed E-state index contributed by atoms with van der Waals surface area (Å²) in [5.41, 5.74) is 9.27. The van der Waals surface area contributed by atoms with Gasteiger partial charge in [0.2, 0.25) is 5.91 Å². The second kappa shape index (κ2) is 3.86. The predicted molar refractivity (Wildman–Crippen MR) is 52.0 cm³/mol. The van der Waals surface area contributed by atoms with Gasteiger partial charge in [-0.25, -0.2) is 10.2 Å². The van der Waals surface area contributed by atoms with Crippen molar-refractivity contribution >= 4 is 11.9 Å². The molecule has 0 aromatic rings. The number of urea groups is 1. The highest BCUT2D eigenvalue weighted by Gasteiger charge is 2.39. The van der Waals surface area contributed by atoms with Crippen LogP contribution in [0.25, 0.3) is 0 Å². The summed E-state index contributed by atoms with van der Waals surface area (Å²) in [4.78, 5) is 22.0. The highest BCUT2D eigenvalue weighted by atomic mass is 16.2. The molecule has 3 amide bonds. The van der Waals surface area contributed by atoms with Gasteiger partial charge in [-0.05, 0) is 18.3 Å². The molecule has 5 heteroatoms. The summed E-state index contributed by atoms with van der Waals surface area (Å²) in [5, 5.41) is 0. The van der Waals surface area contributed by atoms with Crippen LogP contribution in [0.2, 0.25) is 0 Å². The normalized spacial score (nSPS) is 24.3. The van der Waals surface area contributed by atoms with Gasteiger partial charge < -0.3 is 5.73 Å². The molecule has 1 rings (SSSR count). The molecular formula is C9H17N3O2. The number of nitrogens with two attached hydrogens (primary N) is 1. The van der Waals surface area contributed by atoms with Gasteiger partial charge >= 0.3 is 6.03 Å². The maximum atomic E-state index is 11.6. The van der Waals surface area contributed by atoms with Crippen molar-refractivity contribution in [2.24, 2.45) is 17.1 Å². The summed E-state index contributed by atoms with van der Waals surface area (Å²) in [6.07, 6.45) is 2.97. The number of carbonyl (C=O) groups excluding carboxylic acids is 2. The lowest BCUT2D eigenvalue weighted by Crippen LogP contribution is -2.48. The molecule has 1 saturated carbocycles. The number of nitrogens with one attached hydrogen (secondary N) is 2. The molecule has 1 unspecified atom stereocenters. The number of primary amides is 1. The third-order valence-electron chi connectivity index (χ3n) is 2.88. The van der Waals surface area contributed by atoms with E-state index in [1.54, 1.807) is 0 Å². The van der Waals surface area contributed by atoms with Crippen molar-refractivity contribution in [2.75, 3.05) is 0 Å². The van der Waals surface area contributed by atoms with Crippen molar-refractivity contribution in [1.29, 1.82) is 0 Å². The Balaban J connectivity index is 2.48. The Labute approximate surface area is 83.4 Å². The standard InChI is InChI=1S/C9H17N3O2/c1-9(2)5-3-4-6(9)7(13)11-12-8(10)14/h6H,3-5H2,1-2H3,(H,11,13)(H3,10,12,14). The van der Waals surface area contributed by atoms with Crippen LogP contribution in [-0.4, -0.2) is 11.9 Å². The summed E-state index contributed by atoms with van der Waals surface area (Å²) < 4.78 is 0. The predicted octanol–water partition coefficient (Wildman–Crippen LogP) is 0.512. The van der Waals surface area contributed by atoms with Crippen LogP contribution in [0.1, 0.15) is 33.1 Å². The van der Waals surface area contributed by atoms with Crippen LogP contribution in [0.4, 0.5) is 4.79 Å². The Bertz CT molecular complexity index is 250. The van der Waals surface area contributed by atoms with Gasteiger partial charge in [-0.1, -0.05) is 20.3 Å². The Morgan fingerprint density at radius 2 is 2.00 bits per heavy atom. The number of hydrogen-bond donors (Lipinski definition) is 3. The van der Waals surface area contributed by atoms with Crippen molar-refractivity contribution < 1.29 is 9.59 Å². The summed E-state index contributed by atoms with van der Waals surface area (Å²) in [5.74, 6) is -0.180. The first-order chi connectivity index (χ1) is 6.43. The second-order valence-electron chi connectivity index (χ2n) is 4.41. The minimum absolute atomic E-state index is 0.0173. The van der Waals surface area contributed by atoms with Crippen molar-refractivity contribution in [3.05, 3.63) is 0 Å². The van der Waals surface area contributed by atoms with E-state index < -0.39 is 6.03 Å². The van der Waals surface area contributed by atoms with Crippen LogP contribution in [0.15, 0.2) is 0 Å². The third-order valence-corrected chi connectivity index (χ3v) is 2.88. The van der Waals surface area contributed by atoms with E-state index in [1.165, 1.54) is 0 Å². The summed E-state index contributed by atoms with van der Waals surface area (Å²) in [6, 6.07) is -0.742. The first-order valence-electron chi connectivity index (χ1n) is 4.79. The van der Waals surface area contributed by atoms with E-state index in [1.807, 2.05) is 0 Å². The molecule has 0 saturated heterocycles. The molecular weight excluding hydrogens is 182 g/mol. The molecule has 1 atom stereocenters. The van der Waals surface area contributed by atoms with Gasteiger partial charge in [0.05, 0.1) is 0 Å². The van der Waals surface area contributed by atoms with Crippen LogP contribution in [0, 0.1) is 11.3 Å². The Kier molecular flexibility index (Phi) is 2.98. The van der Waals surface area contributed by atoms with Gasteiger partial charge in [0, 0.05) is 5.92 Å². The highest BCUT2D eigenvalue weighted by Crippen LogP contribution is 2.42. The fourth-order valence-electron chi connectivity index (χ4n) is 2.02. The van der Waals surface area contributed by atoms with E-state index >= 15 is 0 Å². The zero-order valence-electron chi connectivity index (χ0n) is 8.59. The van der Waals surface area contributed by atoms with Gasteiger partial charge in [0.15, 0.2) is 0 Å².